The van der Waals surface area contributed by atoms with Crippen LogP contribution in [0.15, 0.2) is 29.2 Å². The Morgan fingerprint density at radius 2 is 1.92 bits per heavy atom. The third kappa shape index (κ3) is 5.48. The van der Waals surface area contributed by atoms with Gasteiger partial charge in [-0.25, -0.2) is 14.2 Å². The van der Waals surface area contributed by atoms with Crippen molar-refractivity contribution in [3.05, 3.63) is 57.6 Å². The molecule has 0 spiro atoms. The van der Waals surface area contributed by atoms with Gasteiger partial charge in [-0.1, -0.05) is 0 Å². The summed E-state index contributed by atoms with van der Waals surface area (Å²) < 4.78 is 65.3. The van der Waals surface area contributed by atoms with E-state index in [2.05, 4.69) is 15.4 Å². The number of rotatable bonds is 7. The zero-order chi connectivity index (χ0) is 27.0. The molecule has 0 aliphatic heterocycles. The van der Waals surface area contributed by atoms with E-state index in [0.717, 1.165) is 10.6 Å². The molecule has 1 amide bonds. The van der Waals surface area contributed by atoms with Crippen LogP contribution in [-0.2, 0) is 12.6 Å². The largest absolute Gasteiger partial charge is 0.483 e. The summed E-state index contributed by atoms with van der Waals surface area (Å²) >= 11 is 0. The van der Waals surface area contributed by atoms with E-state index in [-0.39, 0.29) is 17.4 Å². The number of anilines is 1. The van der Waals surface area contributed by atoms with Gasteiger partial charge in [0.2, 0.25) is 5.88 Å². The minimum absolute atomic E-state index is 0.0254. The molecular formula is C22H23F4N5O5. The Labute approximate surface area is 202 Å². The smallest absolute Gasteiger partial charge is 0.422 e. The van der Waals surface area contributed by atoms with Crippen LogP contribution in [0.3, 0.4) is 0 Å². The summed E-state index contributed by atoms with van der Waals surface area (Å²) in [6, 6.07) is 2.93. The number of hydrogen-bond donors (Lipinski definition) is 2. The van der Waals surface area contributed by atoms with E-state index >= 15 is 4.39 Å². The SMILES string of the molecule is COc1nccc(C)c1NC(=O)c1cc(F)c(-n2nc(C(C)(C)O)n(C)c2=O)cc1OCC(F)(F)F. The van der Waals surface area contributed by atoms with Crippen molar-refractivity contribution in [3.63, 3.8) is 0 Å². The number of carbonyl (C=O) groups excluding carboxylic acids is 1. The maximum atomic E-state index is 15.2. The van der Waals surface area contributed by atoms with Crippen LogP contribution in [0.4, 0.5) is 23.2 Å². The van der Waals surface area contributed by atoms with Crippen LogP contribution < -0.4 is 20.5 Å². The number of benzene rings is 1. The van der Waals surface area contributed by atoms with E-state index < -0.39 is 52.8 Å². The third-order valence-electron chi connectivity index (χ3n) is 5.00. The molecule has 3 rings (SSSR count). The molecule has 0 bridgehead atoms. The highest BCUT2D eigenvalue weighted by molar-refractivity contribution is 6.07. The Morgan fingerprint density at radius 1 is 1.25 bits per heavy atom. The fourth-order valence-corrected chi connectivity index (χ4v) is 3.31. The van der Waals surface area contributed by atoms with Gasteiger partial charge in [0.15, 0.2) is 12.4 Å². The van der Waals surface area contributed by atoms with Gasteiger partial charge in [-0.2, -0.15) is 17.9 Å². The molecular weight excluding hydrogens is 490 g/mol. The Hall–Kier alpha value is -3.94. The predicted molar refractivity (Wildman–Crippen MR) is 119 cm³/mol. The minimum Gasteiger partial charge on any atom is -0.483 e. The second kappa shape index (κ2) is 9.60. The van der Waals surface area contributed by atoms with Crippen molar-refractivity contribution in [1.29, 1.82) is 0 Å². The molecule has 0 aliphatic rings. The molecule has 3 aromatic rings. The molecule has 0 atom stereocenters. The second-order valence-electron chi connectivity index (χ2n) is 8.31. The van der Waals surface area contributed by atoms with E-state index in [0.29, 0.717) is 16.3 Å². The zero-order valence-corrected chi connectivity index (χ0v) is 19.9. The van der Waals surface area contributed by atoms with Crippen molar-refractivity contribution in [2.24, 2.45) is 7.05 Å². The number of ether oxygens (including phenoxy) is 2. The van der Waals surface area contributed by atoms with Crippen molar-refractivity contribution < 1.29 is 36.9 Å². The Balaban J connectivity index is 2.14. The lowest BCUT2D eigenvalue weighted by molar-refractivity contribution is -0.153. The van der Waals surface area contributed by atoms with Crippen LogP contribution >= 0.6 is 0 Å². The Morgan fingerprint density at radius 3 is 2.47 bits per heavy atom. The van der Waals surface area contributed by atoms with Gasteiger partial charge in [0.05, 0.1) is 12.7 Å². The standard InChI is InChI=1S/C22H23F4N5O5/c1-11-6-7-27-18(35-5)16(11)28-17(32)12-8-13(23)14(9-15(12)36-10-22(24,25)26)31-20(33)30(4)19(29-31)21(2,3)34/h6-9,34H,10H2,1-5H3,(H,28,32). The first-order chi connectivity index (χ1) is 16.6. The molecule has 2 N–H and O–H groups in total. The number of alkyl halides is 3. The van der Waals surface area contributed by atoms with Crippen molar-refractivity contribution in [2.45, 2.75) is 32.5 Å². The fourth-order valence-electron chi connectivity index (χ4n) is 3.31. The molecule has 0 saturated carbocycles. The van der Waals surface area contributed by atoms with Crippen LogP contribution in [0.1, 0.15) is 35.6 Å². The maximum Gasteiger partial charge on any atom is 0.422 e. The summed E-state index contributed by atoms with van der Waals surface area (Å²) in [6.07, 6.45) is -3.36. The van der Waals surface area contributed by atoms with E-state index in [9.17, 15) is 27.9 Å². The van der Waals surface area contributed by atoms with Crippen molar-refractivity contribution in [2.75, 3.05) is 19.0 Å². The highest BCUT2D eigenvalue weighted by atomic mass is 19.4. The number of methoxy groups -OCH3 is 1. The number of halogens is 4. The molecule has 14 heteroatoms. The Kier molecular flexibility index (Phi) is 7.11. The molecule has 0 unspecified atom stereocenters. The predicted octanol–water partition coefficient (Wildman–Crippen LogP) is 2.84. The number of aryl methyl sites for hydroxylation is 1. The topological polar surface area (TPSA) is 120 Å². The number of carbonyl (C=O) groups is 1. The molecule has 36 heavy (non-hydrogen) atoms. The molecule has 2 aromatic heterocycles. The number of nitrogens with one attached hydrogen (secondary N) is 1. The number of aliphatic hydroxyl groups is 1. The average molecular weight is 513 g/mol. The zero-order valence-electron chi connectivity index (χ0n) is 19.9. The number of hydrogen-bond acceptors (Lipinski definition) is 7. The first kappa shape index (κ1) is 26.7. The molecule has 2 heterocycles. The fraction of sp³-hybridized carbons (Fsp3) is 0.364. The molecule has 0 aliphatic carbocycles. The van der Waals surface area contributed by atoms with Crippen LogP contribution in [0.2, 0.25) is 0 Å². The van der Waals surface area contributed by atoms with Gasteiger partial charge in [-0.3, -0.25) is 9.36 Å². The van der Waals surface area contributed by atoms with Gasteiger partial charge in [-0.05, 0) is 38.5 Å². The van der Waals surface area contributed by atoms with Crippen molar-refractivity contribution >= 4 is 11.6 Å². The van der Waals surface area contributed by atoms with Gasteiger partial charge in [-0.15, -0.1) is 5.10 Å². The lowest BCUT2D eigenvalue weighted by Crippen LogP contribution is -2.26. The normalized spacial score (nSPS) is 11.9. The molecule has 194 valence electrons. The van der Waals surface area contributed by atoms with E-state index in [1.54, 1.807) is 13.0 Å². The van der Waals surface area contributed by atoms with Gasteiger partial charge >= 0.3 is 11.9 Å². The van der Waals surface area contributed by atoms with E-state index in [4.69, 9.17) is 9.47 Å². The quantitative estimate of drug-likeness (QED) is 0.466. The molecule has 0 radical (unpaired) electrons. The summed E-state index contributed by atoms with van der Waals surface area (Å²) in [5.74, 6) is -2.94. The van der Waals surface area contributed by atoms with Crippen LogP contribution in [0.5, 0.6) is 11.6 Å². The van der Waals surface area contributed by atoms with E-state index in [1.165, 1.54) is 34.2 Å². The molecule has 0 saturated heterocycles. The van der Waals surface area contributed by atoms with Crippen LogP contribution in [0, 0.1) is 12.7 Å². The summed E-state index contributed by atoms with van der Waals surface area (Å²) in [5, 5.41) is 16.6. The molecule has 0 fully saturated rings. The lowest BCUT2D eigenvalue weighted by atomic mass is 10.1. The van der Waals surface area contributed by atoms with Gasteiger partial charge in [0.1, 0.15) is 28.5 Å². The van der Waals surface area contributed by atoms with Crippen molar-refractivity contribution in [1.82, 2.24) is 19.3 Å². The summed E-state index contributed by atoms with van der Waals surface area (Å²) in [6.45, 7) is 2.52. The first-order valence-corrected chi connectivity index (χ1v) is 10.4. The van der Waals surface area contributed by atoms with E-state index in [1.807, 2.05) is 0 Å². The minimum atomic E-state index is -4.78. The summed E-state index contributed by atoms with van der Waals surface area (Å²) in [5.41, 5.74) is -3.02. The third-order valence-corrected chi connectivity index (χ3v) is 5.00. The van der Waals surface area contributed by atoms with Gasteiger partial charge < -0.3 is 19.9 Å². The van der Waals surface area contributed by atoms with Gasteiger partial charge in [0.25, 0.3) is 5.91 Å². The summed E-state index contributed by atoms with van der Waals surface area (Å²) in [4.78, 5) is 29.6. The maximum absolute atomic E-state index is 15.2. The highest BCUT2D eigenvalue weighted by Crippen LogP contribution is 2.31. The van der Waals surface area contributed by atoms with Gasteiger partial charge in [0, 0.05) is 19.3 Å². The number of aromatic nitrogens is 4. The molecule has 1 aromatic carbocycles. The highest BCUT2D eigenvalue weighted by Gasteiger charge is 2.31. The molecule has 10 nitrogen and oxygen atoms in total. The number of pyridine rings is 1. The first-order valence-electron chi connectivity index (χ1n) is 10.4. The van der Waals surface area contributed by atoms with Crippen molar-refractivity contribution in [3.8, 4) is 17.3 Å². The monoisotopic (exact) mass is 513 g/mol. The summed E-state index contributed by atoms with van der Waals surface area (Å²) in [7, 11) is 2.58. The van der Waals surface area contributed by atoms with Crippen LogP contribution in [-0.4, -0.2) is 50.2 Å². The number of amides is 1. The second-order valence-corrected chi connectivity index (χ2v) is 8.31. The lowest BCUT2D eigenvalue weighted by Gasteiger charge is -2.16. The number of nitrogens with zero attached hydrogens (tertiary/aromatic N) is 4. The Bertz CT molecular complexity index is 1360. The average Bonchev–Trinajstić information content (AvgIpc) is 3.08. The van der Waals surface area contributed by atoms with Crippen LogP contribution in [0.25, 0.3) is 5.69 Å².